The largest absolute Gasteiger partial charge is 0.336 e. The molecule has 0 spiro atoms. The van der Waals surface area contributed by atoms with E-state index in [4.69, 9.17) is 0 Å². The molecule has 1 N–H and O–H groups in total. The Bertz CT molecular complexity index is 598. The standard InChI is InChI=1S/C16H15BrN2O/c17-13-6-8-14(9-7-13)19-15(11-18-16(19)20)10-12-4-2-1-3-5-12/h1-9,15H,10-11H2,(H,18,20). The number of anilines is 1. The fourth-order valence-electron chi connectivity index (χ4n) is 2.53. The summed E-state index contributed by atoms with van der Waals surface area (Å²) in [5.41, 5.74) is 2.18. The molecule has 1 aliphatic rings. The molecular formula is C16H15BrN2O. The quantitative estimate of drug-likeness (QED) is 0.916. The van der Waals surface area contributed by atoms with Crippen LogP contribution in [0.2, 0.25) is 0 Å². The maximum absolute atomic E-state index is 12.1. The molecule has 1 unspecified atom stereocenters. The molecule has 2 aromatic rings. The number of rotatable bonds is 3. The van der Waals surface area contributed by atoms with Crippen LogP contribution in [0.25, 0.3) is 0 Å². The second-order valence-electron chi connectivity index (χ2n) is 4.88. The van der Waals surface area contributed by atoms with E-state index in [0.29, 0.717) is 6.54 Å². The highest BCUT2D eigenvalue weighted by atomic mass is 79.9. The zero-order valence-electron chi connectivity index (χ0n) is 10.9. The summed E-state index contributed by atoms with van der Waals surface area (Å²) in [6.07, 6.45) is 0.857. The number of carbonyl (C=O) groups excluding carboxylic acids is 1. The Kier molecular flexibility index (Phi) is 3.74. The number of nitrogens with zero attached hydrogens (tertiary/aromatic N) is 1. The van der Waals surface area contributed by atoms with Crippen molar-refractivity contribution in [3.63, 3.8) is 0 Å². The maximum atomic E-state index is 12.1. The lowest BCUT2D eigenvalue weighted by Crippen LogP contribution is -2.35. The first-order valence-electron chi connectivity index (χ1n) is 6.60. The average Bonchev–Trinajstić information content (AvgIpc) is 2.82. The molecule has 1 saturated heterocycles. The number of benzene rings is 2. The number of hydrogen-bond acceptors (Lipinski definition) is 1. The van der Waals surface area contributed by atoms with Crippen LogP contribution >= 0.6 is 15.9 Å². The third kappa shape index (κ3) is 2.70. The highest BCUT2D eigenvalue weighted by Crippen LogP contribution is 2.24. The Morgan fingerprint density at radius 1 is 1.10 bits per heavy atom. The molecule has 20 heavy (non-hydrogen) atoms. The van der Waals surface area contributed by atoms with Gasteiger partial charge < -0.3 is 5.32 Å². The van der Waals surface area contributed by atoms with Crippen molar-refractivity contribution in [2.75, 3.05) is 11.4 Å². The van der Waals surface area contributed by atoms with E-state index in [0.717, 1.165) is 16.6 Å². The summed E-state index contributed by atoms with van der Waals surface area (Å²) in [5, 5.41) is 2.93. The molecule has 4 heteroatoms. The lowest BCUT2D eigenvalue weighted by molar-refractivity contribution is 0.251. The third-order valence-electron chi connectivity index (χ3n) is 3.49. The lowest BCUT2D eigenvalue weighted by Gasteiger charge is -2.23. The van der Waals surface area contributed by atoms with Gasteiger partial charge in [0.15, 0.2) is 0 Å². The van der Waals surface area contributed by atoms with E-state index in [2.05, 4.69) is 33.4 Å². The van der Waals surface area contributed by atoms with Crippen molar-refractivity contribution in [2.45, 2.75) is 12.5 Å². The van der Waals surface area contributed by atoms with E-state index in [1.165, 1.54) is 5.56 Å². The third-order valence-corrected chi connectivity index (χ3v) is 4.02. The Hall–Kier alpha value is -1.81. The normalized spacial score (nSPS) is 18.1. The average molecular weight is 331 g/mol. The molecule has 1 fully saturated rings. The Balaban J connectivity index is 1.83. The molecular weight excluding hydrogens is 316 g/mol. The van der Waals surface area contributed by atoms with Crippen LogP contribution in [0, 0.1) is 0 Å². The topological polar surface area (TPSA) is 32.3 Å². The van der Waals surface area contributed by atoms with Gasteiger partial charge in [0.05, 0.1) is 6.04 Å². The van der Waals surface area contributed by atoms with Crippen LogP contribution in [-0.2, 0) is 6.42 Å². The summed E-state index contributed by atoms with van der Waals surface area (Å²) in [7, 11) is 0. The molecule has 0 aromatic heterocycles. The minimum atomic E-state index is -0.0201. The van der Waals surface area contributed by atoms with Crippen molar-refractivity contribution in [1.82, 2.24) is 5.32 Å². The highest BCUT2D eigenvalue weighted by Gasteiger charge is 2.31. The van der Waals surface area contributed by atoms with Crippen LogP contribution in [0.4, 0.5) is 10.5 Å². The molecule has 0 radical (unpaired) electrons. The SMILES string of the molecule is O=C1NCC(Cc2ccccc2)N1c1ccc(Br)cc1. The van der Waals surface area contributed by atoms with Crippen LogP contribution in [0.5, 0.6) is 0 Å². The van der Waals surface area contributed by atoms with Gasteiger partial charge in [0.25, 0.3) is 0 Å². The van der Waals surface area contributed by atoms with Gasteiger partial charge in [-0.15, -0.1) is 0 Å². The summed E-state index contributed by atoms with van der Waals surface area (Å²) in [4.78, 5) is 13.9. The fraction of sp³-hybridized carbons (Fsp3) is 0.188. The van der Waals surface area contributed by atoms with Gasteiger partial charge in [-0.1, -0.05) is 46.3 Å². The van der Waals surface area contributed by atoms with Gasteiger partial charge in [-0.2, -0.15) is 0 Å². The summed E-state index contributed by atoms with van der Waals surface area (Å²) >= 11 is 3.42. The van der Waals surface area contributed by atoms with E-state index in [9.17, 15) is 4.79 Å². The van der Waals surface area contributed by atoms with E-state index >= 15 is 0 Å². The van der Waals surface area contributed by atoms with Gasteiger partial charge in [0, 0.05) is 16.7 Å². The molecule has 0 bridgehead atoms. The van der Waals surface area contributed by atoms with E-state index in [1.807, 2.05) is 47.4 Å². The van der Waals surface area contributed by atoms with Crippen LogP contribution in [-0.4, -0.2) is 18.6 Å². The van der Waals surface area contributed by atoms with Crippen LogP contribution < -0.4 is 10.2 Å². The second kappa shape index (κ2) is 5.67. The lowest BCUT2D eigenvalue weighted by atomic mass is 10.1. The molecule has 102 valence electrons. The van der Waals surface area contributed by atoms with Gasteiger partial charge in [-0.3, -0.25) is 4.90 Å². The first-order valence-corrected chi connectivity index (χ1v) is 7.40. The van der Waals surface area contributed by atoms with Crippen molar-refractivity contribution in [1.29, 1.82) is 0 Å². The predicted molar refractivity (Wildman–Crippen MR) is 84.0 cm³/mol. The Labute approximate surface area is 126 Å². The van der Waals surface area contributed by atoms with E-state index in [1.54, 1.807) is 0 Å². The smallest absolute Gasteiger partial charge is 0.322 e. The first kappa shape index (κ1) is 13.2. The molecule has 1 aliphatic heterocycles. The zero-order chi connectivity index (χ0) is 13.9. The van der Waals surface area contributed by atoms with Gasteiger partial charge in [-0.25, -0.2) is 4.79 Å². The van der Waals surface area contributed by atoms with Gasteiger partial charge in [0.2, 0.25) is 0 Å². The van der Waals surface area contributed by atoms with Gasteiger partial charge in [-0.05, 0) is 36.2 Å². The van der Waals surface area contributed by atoms with Crippen molar-refractivity contribution >= 4 is 27.6 Å². The number of carbonyl (C=O) groups is 1. The number of halogens is 1. The van der Waals surface area contributed by atoms with Crippen molar-refractivity contribution in [3.05, 3.63) is 64.6 Å². The Morgan fingerprint density at radius 3 is 2.50 bits per heavy atom. The molecule has 2 amide bonds. The van der Waals surface area contributed by atoms with Crippen molar-refractivity contribution < 1.29 is 4.79 Å². The zero-order valence-corrected chi connectivity index (χ0v) is 12.5. The number of nitrogens with one attached hydrogen (secondary N) is 1. The molecule has 3 rings (SSSR count). The Morgan fingerprint density at radius 2 is 1.80 bits per heavy atom. The van der Waals surface area contributed by atoms with Gasteiger partial charge >= 0.3 is 6.03 Å². The number of amides is 2. The predicted octanol–water partition coefficient (Wildman–Crippen LogP) is 3.59. The molecule has 0 aliphatic carbocycles. The molecule has 3 nitrogen and oxygen atoms in total. The van der Waals surface area contributed by atoms with E-state index in [-0.39, 0.29) is 12.1 Å². The van der Waals surface area contributed by atoms with Crippen LogP contribution in [0.15, 0.2) is 59.1 Å². The molecule has 1 heterocycles. The summed E-state index contributed by atoms with van der Waals surface area (Å²) < 4.78 is 1.01. The van der Waals surface area contributed by atoms with Crippen molar-refractivity contribution in [3.8, 4) is 0 Å². The summed E-state index contributed by atoms with van der Waals surface area (Å²) in [6.45, 7) is 0.684. The van der Waals surface area contributed by atoms with Crippen LogP contribution in [0.3, 0.4) is 0 Å². The minimum Gasteiger partial charge on any atom is -0.336 e. The monoisotopic (exact) mass is 330 g/mol. The summed E-state index contributed by atoms with van der Waals surface area (Å²) in [6, 6.07) is 18.3. The van der Waals surface area contributed by atoms with Gasteiger partial charge in [0.1, 0.15) is 0 Å². The first-order chi connectivity index (χ1) is 9.74. The highest BCUT2D eigenvalue weighted by molar-refractivity contribution is 9.10. The maximum Gasteiger partial charge on any atom is 0.322 e. The van der Waals surface area contributed by atoms with E-state index < -0.39 is 0 Å². The molecule has 2 aromatic carbocycles. The molecule has 1 atom stereocenters. The number of hydrogen-bond donors (Lipinski definition) is 1. The van der Waals surface area contributed by atoms with Crippen molar-refractivity contribution in [2.24, 2.45) is 0 Å². The van der Waals surface area contributed by atoms with Crippen LogP contribution in [0.1, 0.15) is 5.56 Å². The number of urea groups is 1. The fourth-order valence-corrected chi connectivity index (χ4v) is 2.79. The summed E-state index contributed by atoms with van der Waals surface area (Å²) in [5.74, 6) is 0. The minimum absolute atomic E-state index is 0.0201. The second-order valence-corrected chi connectivity index (χ2v) is 5.79. The molecule has 0 saturated carbocycles.